The molecule has 0 spiro atoms. The predicted octanol–water partition coefficient (Wildman–Crippen LogP) is 4.39. The molecule has 0 aliphatic heterocycles. The fourth-order valence-corrected chi connectivity index (χ4v) is 2.60. The highest BCUT2D eigenvalue weighted by atomic mass is 35.5. The van der Waals surface area contributed by atoms with Gasteiger partial charge in [0.1, 0.15) is 11.2 Å². The quantitative estimate of drug-likeness (QED) is 0.740. The zero-order valence-electron chi connectivity index (χ0n) is 14.5. The molecule has 2 aromatic rings. The van der Waals surface area contributed by atoms with Gasteiger partial charge < -0.3 is 20.1 Å². The Hall–Kier alpha value is -2.68. The number of nitrogens with two attached hydrogens (primary N) is 1. The van der Waals surface area contributed by atoms with E-state index in [0.29, 0.717) is 0 Å². The highest BCUT2D eigenvalue weighted by molar-refractivity contribution is 6.31. The van der Waals surface area contributed by atoms with E-state index < -0.39 is 39.9 Å². The van der Waals surface area contributed by atoms with Crippen molar-refractivity contribution in [2.75, 3.05) is 5.73 Å². The molecule has 1 aromatic heterocycles. The number of esters is 1. The monoisotopic (exact) mass is 404 g/mol. The summed E-state index contributed by atoms with van der Waals surface area (Å²) in [5.74, 6) is -2.34. The second-order valence-corrected chi connectivity index (χ2v) is 7.05. The number of halogens is 4. The maximum atomic E-state index is 12.9. The van der Waals surface area contributed by atoms with E-state index in [1.54, 1.807) is 20.8 Å². The third kappa shape index (κ3) is 4.36. The summed E-state index contributed by atoms with van der Waals surface area (Å²) >= 11 is 5.71. The van der Waals surface area contributed by atoms with Crippen molar-refractivity contribution in [1.29, 1.82) is 0 Å². The molecule has 0 radical (unpaired) electrons. The van der Waals surface area contributed by atoms with E-state index in [-0.39, 0.29) is 17.1 Å². The number of nitrogen functional groups attached to an aromatic ring is 1. The van der Waals surface area contributed by atoms with E-state index in [1.165, 1.54) is 0 Å². The van der Waals surface area contributed by atoms with Gasteiger partial charge in [-0.25, -0.2) is 9.59 Å². The van der Waals surface area contributed by atoms with Crippen LogP contribution >= 0.6 is 11.6 Å². The number of alkyl halides is 3. The molecule has 27 heavy (non-hydrogen) atoms. The lowest BCUT2D eigenvalue weighted by Crippen LogP contribution is -2.26. The Bertz CT molecular complexity index is 914. The topological polar surface area (TPSA) is 94.6 Å². The third-order valence-corrected chi connectivity index (χ3v) is 3.72. The van der Waals surface area contributed by atoms with Gasteiger partial charge >= 0.3 is 18.1 Å². The molecule has 1 aromatic carbocycles. The lowest BCUT2D eigenvalue weighted by molar-refractivity contribution is -0.137. The van der Waals surface area contributed by atoms with Gasteiger partial charge in [0.2, 0.25) is 0 Å². The van der Waals surface area contributed by atoms with Gasteiger partial charge in [0.05, 0.1) is 16.3 Å². The summed E-state index contributed by atoms with van der Waals surface area (Å²) in [5, 5.41) is 8.64. The maximum Gasteiger partial charge on any atom is 0.417 e. The molecule has 0 unspecified atom stereocenters. The van der Waals surface area contributed by atoms with Gasteiger partial charge in [-0.2, -0.15) is 13.2 Å². The number of hydrogen-bond acceptors (Lipinski definition) is 4. The second kappa shape index (κ2) is 6.80. The van der Waals surface area contributed by atoms with Crippen molar-refractivity contribution in [1.82, 2.24) is 4.57 Å². The molecule has 10 heteroatoms. The van der Waals surface area contributed by atoms with Crippen molar-refractivity contribution < 1.29 is 32.6 Å². The van der Waals surface area contributed by atoms with Crippen molar-refractivity contribution in [3.63, 3.8) is 0 Å². The van der Waals surface area contributed by atoms with Gasteiger partial charge in [-0.15, -0.1) is 0 Å². The molecule has 0 aliphatic carbocycles. The van der Waals surface area contributed by atoms with Crippen molar-refractivity contribution >= 4 is 29.2 Å². The molecule has 0 atom stereocenters. The lowest BCUT2D eigenvalue weighted by atomic mass is 10.2. The van der Waals surface area contributed by atoms with Crippen LogP contribution in [0.25, 0.3) is 5.69 Å². The fourth-order valence-electron chi connectivity index (χ4n) is 2.31. The second-order valence-electron chi connectivity index (χ2n) is 6.64. The van der Waals surface area contributed by atoms with Crippen LogP contribution in [0.3, 0.4) is 0 Å². The number of hydrogen-bond donors (Lipinski definition) is 2. The number of rotatable bonds is 3. The van der Waals surface area contributed by atoms with Crippen LogP contribution in [-0.4, -0.2) is 27.2 Å². The number of anilines is 1. The number of carbonyl (C=O) groups is 2. The molecule has 0 amide bonds. The molecule has 1 heterocycles. The van der Waals surface area contributed by atoms with Crippen LogP contribution in [0.1, 0.15) is 47.2 Å². The summed E-state index contributed by atoms with van der Waals surface area (Å²) in [7, 11) is 0. The minimum Gasteiger partial charge on any atom is -0.478 e. The summed E-state index contributed by atoms with van der Waals surface area (Å²) in [6.07, 6.45) is -3.64. The molecule has 0 aliphatic rings. The molecule has 2 rings (SSSR count). The largest absolute Gasteiger partial charge is 0.478 e. The first-order chi connectivity index (χ1) is 12.2. The summed E-state index contributed by atoms with van der Waals surface area (Å²) < 4.78 is 44.9. The van der Waals surface area contributed by atoms with Crippen LogP contribution in [-0.2, 0) is 10.9 Å². The van der Waals surface area contributed by atoms with Gasteiger partial charge in [0.15, 0.2) is 5.69 Å². The van der Waals surface area contributed by atoms with E-state index in [9.17, 15) is 27.9 Å². The lowest BCUT2D eigenvalue weighted by Gasteiger charge is -2.20. The normalized spacial score (nSPS) is 12.1. The Balaban J connectivity index is 2.66. The highest BCUT2D eigenvalue weighted by Crippen LogP contribution is 2.36. The van der Waals surface area contributed by atoms with E-state index in [0.717, 1.165) is 29.0 Å². The minimum atomic E-state index is -4.66. The van der Waals surface area contributed by atoms with Crippen LogP contribution in [0.15, 0.2) is 24.4 Å². The number of aromatic nitrogens is 1. The summed E-state index contributed by atoms with van der Waals surface area (Å²) in [6.45, 7) is 4.80. The number of nitrogens with zero attached hydrogens (tertiary/aromatic N) is 1. The van der Waals surface area contributed by atoms with Gasteiger partial charge in [-0.1, -0.05) is 11.6 Å². The molecule has 146 valence electrons. The number of ether oxygens (including phenoxy) is 1. The maximum absolute atomic E-state index is 12.9. The van der Waals surface area contributed by atoms with Crippen molar-refractivity contribution in [3.8, 4) is 5.69 Å². The third-order valence-electron chi connectivity index (χ3n) is 3.40. The average molecular weight is 405 g/mol. The molecule has 0 saturated carbocycles. The van der Waals surface area contributed by atoms with Crippen LogP contribution in [0.5, 0.6) is 0 Å². The molecule has 0 bridgehead atoms. The molecule has 6 nitrogen and oxygen atoms in total. The first kappa shape index (κ1) is 20.6. The van der Waals surface area contributed by atoms with Crippen molar-refractivity contribution in [2.45, 2.75) is 32.5 Å². The van der Waals surface area contributed by atoms with Gasteiger partial charge in [-0.05, 0) is 39.0 Å². The first-order valence-corrected chi connectivity index (χ1v) is 7.94. The molecule has 3 N–H and O–H groups in total. The van der Waals surface area contributed by atoms with Crippen molar-refractivity contribution in [3.05, 3.63) is 46.2 Å². The Morgan fingerprint density at radius 2 is 1.81 bits per heavy atom. The standard InChI is InChI=1S/C17H16ClF3N2O4/c1-16(2,3)27-15(26)13-12(22)9(14(24)25)7-23(13)8-4-5-10(11(18)6-8)17(19,20)21/h4-7H,22H2,1-3H3,(H,24,25). The smallest absolute Gasteiger partial charge is 0.417 e. The number of carboxylic acids is 1. The average Bonchev–Trinajstić information content (AvgIpc) is 2.81. The van der Waals surface area contributed by atoms with E-state index in [4.69, 9.17) is 22.1 Å². The van der Waals surface area contributed by atoms with E-state index in [2.05, 4.69) is 0 Å². The van der Waals surface area contributed by atoms with Crippen LogP contribution in [0.4, 0.5) is 18.9 Å². The zero-order valence-corrected chi connectivity index (χ0v) is 15.3. The van der Waals surface area contributed by atoms with Crippen molar-refractivity contribution in [2.24, 2.45) is 0 Å². The predicted molar refractivity (Wildman–Crippen MR) is 92.3 cm³/mol. The van der Waals surface area contributed by atoms with Gasteiger partial charge in [0.25, 0.3) is 0 Å². The SMILES string of the molecule is CC(C)(C)OC(=O)c1c(N)c(C(=O)O)cn1-c1ccc(C(F)(F)F)c(Cl)c1. The molecular formula is C17H16ClF3N2O4. The summed E-state index contributed by atoms with van der Waals surface area (Å²) in [6, 6.07) is 2.74. The fraction of sp³-hybridized carbons (Fsp3) is 0.294. The summed E-state index contributed by atoms with van der Waals surface area (Å²) in [5.41, 5.74) is 2.75. The van der Waals surface area contributed by atoms with Crippen LogP contribution < -0.4 is 5.73 Å². The Kier molecular flexibility index (Phi) is 5.20. The Morgan fingerprint density at radius 1 is 1.22 bits per heavy atom. The summed E-state index contributed by atoms with van der Waals surface area (Å²) in [4.78, 5) is 23.9. The van der Waals surface area contributed by atoms with Crippen LogP contribution in [0, 0.1) is 0 Å². The van der Waals surface area contributed by atoms with Gasteiger partial charge in [-0.3, -0.25) is 0 Å². The number of carbonyl (C=O) groups excluding carboxylic acids is 1. The Morgan fingerprint density at radius 3 is 2.26 bits per heavy atom. The Labute approximate surface area is 157 Å². The molecular weight excluding hydrogens is 389 g/mol. The number of aromatic carboxylic acids is 1. The first-order valence-electron chi connectivity index (χ1n) is 7.57. The van der Waals surface area contributed by atoms with E-state index in [1.807, 2.05) is 0 Å². The minimum absolute atomic E-state index is 0.0214. The zero-order chi connectivity index (χ0) is 20.7. The van der Waals surface area contributed by atoms with E-state index >= 15 is 0 Å². The van der Waals surface area contributed by atoms with Crippen LogP contribution in [0.2, 0.25) is 5.02 Å². The number of carboxylic acid groups (broad SMARTS) is 1. The molecule has 0 fully saturated rings. The molecule has 0 saturated heterocycles. The highest BCUT2D eigenvalue weighted by Gasteiger charge is 2.34. The number of benzene rings is 1. The van der Waals surface area contributed by atoms with Gasteiger partial charge in [0, 0.05) is 11.9 Å².